The van der Waals surface area contributed by atoms with E-state index in [1.807, 2.05) is 20.8 Å². The predicted molar refractivity (Wildman–Crippen MR) is 104 cm³/mol. The summed E-state index contributed by atoms with van der Waals surface area (Å²) in [6.07, 6.45) is 1.02. The first-order valence-corrected chi connectivity index (χ1v) is 9.81. The summed E-state index contributed by atoms with van der Waals surface area (Å²) < 4.78 is 45.4. The highest BCUT2D eigenvalue weighted by molar-refractivity contribution is 5.96. The van der Waals surface area contributed by atoms with E-state index in [1.165, 1.54) is 6.92 Å². The van der Waals surface area contributed by atoms with Gasteiger partial charge in [0.25, 0.3) is 5.91 Å². The molecule has 0 heterocycles. The van der Waals surface area contributed by atoms with E-state index in [1.54, 1.807) is 0 Å². The molecule has 2 rings (SSSR count). The highest BCUT2D eigenvalue weighted by Crippen LogP contribution is 2.42. The van der Waals surface area contributed by atoms with Crippen LogP contribution in [-0.2, 0) is 19.1 Å². The Morgan fingerprint density at radius 3 is 2.27 bits per heavy atom. The predicted octanol–water partition coefficient (Wildman–Crippen LogP) is 3.84. The number of amides is 2. The van der Waals surface area contributed by atoms with Crippen molar-refractivity contribution >= 4 is 23.5 Å². The number of esters is 1. The third kappa shape index (κ3) is 5.73. The molecule has 1 saturated carbocycles. The second kappa shape index (κ2) is 9.06. The summed E-state index contributed by atoms with van der Waals surface area (Å²) in [5.41, 5.74) is -2.05. The van der Waals surface area contributed by atoms with E-state index in [9.17, 15) is 27.6 Å². The van der Waals surface area contributed by atoms with Gasteiger partial charge in [-0.25, -0.2) is 13.2 Å². The minimum atomic E-state index is -1.72. The Balaban J connectivity index is 2.05. The van der Waals surface area contributed by atoms with Gasteiger partial charge in [-0.1, -0.05) is 12.8 Å². The Morgan fingerprint density at radius 1 is 1.10 bits per heavy atom. The Kier molecular flexibility index (Phi) is 7.15. The molecular weight excluding hydrogens is 401 g/mol. The molecule has 6 nitrogen and oxygen atoms in total. The zero-order valence-electron chi connectivity index (χ0n) is 17.5. The lowest BCUT2D eigenvalue weighted by Gasteiger charge is -2.29. The lowest BCUT2D eigenvalue weighted by Crippen LogP contribution is -2.45. The number of benzene rings is 1. The normalized spacial score (nSPS) is 16.6. The van der Waals surface area contributed by atoms with Gasteiger partial charge in [0.05, 0.1) is 11.1 Å². The first kappa shape index (κ1) is 23.7. The molecule has 1 aromatic carbocycles. The van der Waals surface area contributed by atoms with E-state index in [-0.39, 0.29) is 12.3 Å². The molecule has 0 saturated heterocycles. The maximum atomic E-state index is 13.8. The van der Waals surface area contributed by atoms with Crippen molar-refractivity contribution in [1.29, 1.82) is 0 Å². The first-order valence-electron chi connectivity index (χ1n) is 9.81. The molecule has 166 valence electrons. The fourth-order valence-electron chi connectivity index (χ4n) is 3.47. The molecule has 0 aliphatic heterocycles. The largest absolute Gasteiger partial charge is 0.452 e. The van der Waals surface area contributed by atoms with Crippen LogP contribution in [0.1, 0.15) is 59.8 Å². The Hall–Kier alpha value is -2.58. The van der Waals surface area contributed by atoms with Gasteiger partial charge in [0.15, 0.2) is 23.6 Å². The van der Waals surface area contributed by atoms with Gasteiger partial charge >= 0.3 is 5.97 Å². The topological polar surface area (TPSA) is 84.5 Å². The number of carbonyl (C=O) groups excluding carboxylic acids is 3. The zero-order valence-corrected chi connectivity index (χ0v) is 17.5. The second-order valence-electron chi connectivity index (χ2n) is 8.72. The number of hydrogen-bond donors (Lipinski definition) is 2. The van der Waals surface area contributed by atoms with E-state index in [0.717, 1.165) is 18.9 Å². The van der Waals surface area contributed by atoms with Gasteiger partial charge in [0, 0.05) is 12.0 Å². The molecule has 1 aliphatic rings. The molecule has 30 heavy (non-hydrogen) atoms. The molecular formula is C21H27F3N2O4. The van der Waals surface area contributed by atoms with Crippen LogP contribution in [-0.4, -0.2) is 29.4 Å². The summed E-state index contributed by atoms with van der Waals surface area (Å²) in [4.78, 5) is 37.5. The number of anilines is 1. The van der Waals surface area contributed by atoms with Crippen molar-refractivity contribution < 1.29 is 32.3 Å². The molecule has 1 fully saturated rings. The third-order valence-corrected chi connectivity index (χ3v) is 4.95. The molecule has 2 amide bonds. The van der Waals surface area contributed by atoms with Crippen LogP contribution >= 0.6 is 0 Å². The molecule has 0 radical (unpaired) electrons. The smallest absolute Gasteiger partial charge is 0.313 e. The first-order chi connectivity index (χ1) is 13.8. The second-order valence-corrected chi connectivity index (χ2v) is 8.72. The van der Waals surface area contributed by atoms with Crippen molar-refractivity contribution in [1.82, 2.24) is 5.32 Å². The lowest BCUT2D eigenvalue weighted by molar-refractivity contribution is -0.165. The zero-order chi connectivity index (χ0) is 22.7. The fourth-order valence-corrected chi connectivity index (χ4v) is 3.47. The molecule has 9 heteroatoms. The summed E-state index contributed by atoms with van der Waals surface area (Å²) in [6, 6.07) is 1.54. The summed E-state index contributed by atoms with van der Waals surface area (Å²) in [6.45, 7) is 6.76. The minimum Gasteiger partial charge on any atom is -0.452 e. The van der Waals surface area contributed by atoms with Gasteiger partial charge in [0.1, 0.15) is 0 Å². The molecule has 1 atom stereocenters. The van der Waals surface area contributed by atoms with Gasteiger partial charge in [-0.2, -0.15) is 0 Å². The summed E-state index contributed by atoms with van der Waals surface area (Å²) >= 11 is 0. The van der Waals surface area contributed by atoms with Crippen molar-refractivity contribution in [2.75, 3.05) is 5.32 Å². The molecule has 1 aliphatic carbocycles. The highest BCUT2D eigenvalue weighted by Gasteiger charge is 2.45. The number of rotatable bonds is 6. The number of ether oxygens (including phenoxy) is 1. The number of carbonyl (C=O) groups is 3. The van der Waals surface area contributed by atoms with E-state index in [0.29, 0.717) is 18.9 Å². The van der Waals surface area contributed by atoms with Crippen molar-refractivity contribution in [2.45, 2.75) is 71.4 Å². The van der Waals surface area contributed by atoms with Crippen molar-refractivity contribution in [3.63, 3.8) is 0 Å². The molecule has 0 spiro atoms. The van der Waals surface area contributed by atoms with Crippen LogP contribution in [0.15, 0.2) is 12.1 Å². The molecule has 1 unspecified atom stereocenters. The van der Waals surface area contributed by atoms with Gasteiger partial charge in [-0.15, -0.1) is 0 Å². The van der Waals surface area contributed by atoms with Crippen molar-refractivity contribution in [3.8, 4) is 0 Å². The van der Waals surface area contributed by atoms with Crippen molar-refractivity contribution in [3.05, 3.63) is 29.6 Å². The standard InChI is InChI=1S/C21H27F3N2O4/c1-12(18(28)25-14-8-7-13(22)16(23)17(14)24)30-19(29)21(9-5-6-10-21)11-15(27)26-20(2,3)4/h7-8,12H,5-6,9-11H2,1-4H3,(H,25,28)(H,26,27). The van der Waals surface area contributed by atoms with Gasteiger partial charge in [0.2, 0.25) is 5.91 Å². The third-order valence-electron chi connectivity index (χ3n) is 4.95. The number of halogens is 3. The van der Waals surface area contributed by atoms with Crippen LogP contribution < -0.4 is 10.6 Å². The van der Waals surface area contributed by atoms with Crippen LogP contribution in [0.3, 0.4) is 0 Å². The summed E-state index contributed by atoms with van der Waals surface area (Å²) in [5, 5.41) is 4.90. The summed E-state index contributed by atoms with van der Waals surface area (Å²) in [5.74, 6) is -6.53. The number of nitrogens with one attached hydrogen (secondary N) is 2. The quantitative estimate of drug-likeness (QED) is 0.533. The van der Waals surface area contributed by atoms with Gasteiger partial charge in [-0.05, 0) is 52.7 Å². The minimum absolute atomic E-state index is 0.0603. The van der Waals surface area contributed by atoms with Crippen LogP contribution in [0, 0.1) is 22.9 Å². The average molecular weight is 428 g/mol. The lowest BCUT2D eigenvalue weighted by atomic mass is 9.82. The van der Waals surface area contributed by atoms with E-state index in [2.05, 4.69) is 10.6 Å². The highest BCUT2D eigenvalue weighted by atomic mass is 19.2. The van der Waals surface area contributed by atoms with E-state index < -0.39 is 52.1 Å². The molecule has 1 aromatic rings. The molecule has 0 aromatic heterocycles. The van der Waals surface area contributed by atoms with Crippen LogP contribution in [0.2, 0.25) is 0 Å². The Labute approximate surface area is 173 Å². The maximum absolute atomic E-state index is 13.8. The van der Waals surface area contributed by atoms with E-state index >= 15 is 0 Å². The fraction of sp³-hybridized carbons (Fsp3) is 0.571. The van der Waals surface area contributed by atoms with Gasteiger partial charge in [-0.3, -0.25) is 14.4 Å². The van der Waals surface area contributed by atoms with Crippen molar-refractivity contribution in [2.24, 2.45) is 5.41 Å². The average Bonchev–Trinajstić information content (AvgIpc) is 3.10. The number of hydrogen-bond acceptors (Lipinski definition) is 4. The SMILES string of the molecule is CC(OC(=O)C1(CC(=O)NC(C)(C)C)CCCC1)C(=O)Nc1ccc(F)c(F)c1F. The van der Waals surface area contributed by atoms with Crippen LogP contribution in [0.5, 0.6) is 0 Å². The van der Waals surface area contributed by atoms with Crippen LogP contribution in [0.25, 0.3) is 0 Å². The van der Waals surface area contributed by atoms with E-state index in [4.69, 9.17) is 4.74 Å². The molecule has 2 N–H and O–H groups in total. The van der Waals surface area contributed by atoms with Gasteiger partial charge < -0.3 is 15.4 Å². The molecule has 0 bridgehead atoms. The summed E-state index contributed by atoms with van der Waals surface area (Å²) in [7, 11) is 0. The Bertz CT molecular complexity index is 830. The monoisotopic (exact) mass is 428 g/mol. The van der Waals surface area contributed by atoms with Crippen LogP contribution in [0.4, 0.5) is 18.9 Å². The maximum Gasteiger partial charge on any atom is 0.313 e. The Morgan fingerprint density at radius 2 is 1.70 bits per heavy atom.